The molecule has 0 N–H and O–H groups in total. The molecule has 0 unspecified atom stereocenters. The van der Waals surface area contributed by atoms with Gasteiger partial charge in [0.1, 0.15) is 22.6 Å². The molecule has 34 heavy (non-hydrogen) atoms. The Hall–Kier alpha value is -2.28. The SMILES string of the molecule is COCCn1c(-c2ccc(C(C)C)cc2)nc2c(Br)c(Cc3ccccc3SC)cc(OC)c21. The number of ether oxygens (including phenoxy) is 2. The highest BCUT2D eigenvalue weighted by Crippen LogP contribution is 2.39. The molecule has 0 saturated heterocycles. The van der Waals surface area contributed by atoms with Crippen LogP contribution in [0.25, 0.3) is 22.4 Å². The Morgan fingerprint density at radius 1 is 1.03 bits per heavy atom. The first-order valence-electron chi connectivity index (χ1n) is 11.4. The lowest BCUT2D eigenvalue weighted by Crippen LogP contribution is -2.07. The van der Waals surface area contributed by atoms with Crippen LogP contribution < -0.4 is 4.74 Å². The van der Waals surface area contributed by atoms with Gasteiger partial charge in [0.25, 0.3) is 0 Å². The van der Waals surface area contributed by atoms with Crippen molar-refractivity contribution < 1.29 is 9.47 Å². The van der Waals surface area contributed by atoms with Crippen molar-refractivity contribution in [3.8, 4) is 17.1 Å². The number of benzene rings is 3. The van der Waals surface area contributed by atoms with E-state index in [9.17, 15) is 0 Å². The van der Waals surface area contributed by atoms with E-state index in [2.05, 4.69) is 95.2 Å². The summed E-state index contributed by atoms with van der Waals surface area (Å²) < 4.78 is 14.6. The minimum absolute atomic E-state index is 0.488. The number of rotatable bonds is 9. The van der Waals surface area contributed by atoms with Gasteiger partial charge in [0, 0.05) is 28.6 Å². The molecule has 3 aromatic carbocycles. The van der Waals surface area contributed by atoms with Crippen LogP contribution in [-0.2, 0) is 17.7 Å². The summed E-state index contributed by atoms with van der Waals surface area (Å²) in [5.74, 6) is 2.23. The fraction of sp³-hybridized carbons (Fsp3) is 0.321. The van der Waals surface area contributed by atoms with Gasteiger partial charge in [-0.2, -0.15) is 0 Å². The molecule has 0 aliphatic carbocycles. The van der Waals surface area contributed by atoms with Crippen LogP contribution in [0.2, 0.25) is 0 Å². The van der Waals surface area contributed by atoms with Crippen LogP contribution in [0.5, 0.6) is 5.75 Å². The molecule has 0 aliphatic heterocycles. The van der Waals surface area contributed by atoms with Gasteiger partial charge in [-0.1, -0.05) is 56.3 Å². The summed E-state index contributed by atoms with van der Waals surface area (Å²) in [4.78, 5) is 6.42. The van der Waals surface area contributed by atoms with Gasteiger partial charge < -0.3 is 14.0 Å². The van der Waals surface area contributed by atoms with Crippen molar-refractivity contribution in [2.24, 2.45) is 0 Å². The van der Waals surface area contributed by atoms with Crippen LogP contribution in [0.15, 0.2) is 64.0 Å². The first kappa shape index (κ1) is 24.8. The van der Waals surface area contributed by atoms with Gasteiger partial charge in [-0.25, -0.2) is 4.98 Å². The Balaban J connectivity index is 1.89. The highest BCUT2D eigenvalue weighted by molar-refractivity contribution is 9.10. The molecule has 0 bridgehead atoms. The van der Waals surface area contributed by atoms with E-state index in [1.165, 1.54) is 16.0 Å². The van der Waals surface area contributed by atoms with Crippen LogP contribution in [-0.4, -0.2) is 36.6 Å². The monoisotopic (exact) mass is 538 g/mol. The molecule has 0 aliphatic rings. The van der Waals surface area contributed by atoms with E-state index in [1.807, 2.05) is 0 Å². The Bertz CT molecular complexity index is 1280. The number of hydrogen-bond donors (Lipinski definition) is 0. The van der Waals surface area contributed by atoms with Crippen LogP contribution >= 0.6 is 27.7 Å². The number of aromatic nitrogens is 2. The maximum atomic E-state index is 5.91. The van der Waals surface area contributed by atoms with Gasteiger partial charge in [0.05, 0.1) is 13.7 Å². The minimum Gasteiger partial charge on any atom is -0.494 e. The molecule has 0 fully saturated rings. The predicted octanol–water partition coefficient (Wildman–Crippen LogP) is 7.56. The van der Waals surface area contributed by atoms with Gasteiger partial charge in [-0.15, -0.1) is 11.8 Å². The molecule has 1 heterocycles. The van der Waals surface area contributed by atoms with Gasteiger partial charge in [-0.3, -0.25) is 0 Å². The fourth-order valence-electron chi connectivity index (χ4n) is 4.27. The number of imidazole rings is 1. The first-order valence-corrected chi connectivity index (χ1v) is 13.5. The summed E-state index contributed by atoms with van der Waals surface area (Å²) in [5.41, 5.74) is 6.74. The highest BCUT2D eigenvalue weighted by atomic mass is 79.9. The zero-order valence-electron chi connectivity index (χ0n) is 20.4. The first-order chi connectivity index (χ1) is 16.5. The molecule has 6 heteroatoms. The summed E-state index contributed by atoms with van der Waals surface area (Å²) in [6.07, 6.45) is 2.92. The summed E-state index contributed by atoms with van der Waals surface area (Å²) in [5, 5.41) is 0. The standard InChI is InChI=1S/C28H31BrN2O2S/c1-18(2)19-10-12-20(13-11-19)28-30-26-25(29)22(16-21-8-6-7-9-24(21)34-5)17-23(33-4)27(26)31(28)14-15-32-3/h6-13,17-18H,14-16H2,1-5H3. The Kier molecular flexibility index (Phi) is 8.02. The van der Waals surface area contributed by atoms with Gasteiger partial charge in [-0.05, 0) is 63.3 Å². The van der Waals surface area contributed by atoms with E-state index in [0.29, 0.717) is 19.1 Å². The third kappa shape index (κ3) is 4.90. The number of nitrogens with zero attached hydrogens (tertiary/aromatic N) is 2. The predicted molar refractivity (Wildman–Crippen MR) is 146 cm³/mol. The topological polar surface area (TPSA) is 36.3 Å². The lowest BCUT2D eigenvalue weighted by molar-refractivity contribution is 0.188. The summed E-state index contributed by atoms with van der Waals surface area (Å²) >= 11 is 5.67. The molecular weight excluding hydrogens is 508 g/mol. The number of hydrogen-bond acceptors (Lipinski definition) is 4. The molecule has 4 nitrogen and oxygen atoms in total. The quantitative estimate of drug-likeness (QED) is 0.206. The molecule has 0 radical (unpaired) electrons. The molecule has 0 saturated carbocycles. The highest BCUT2D eigenvalue weighted by Gasteiger charge is 2.21. The number of halogens is 1. The average Bonchev–Trinajstić information content (AvgIpc) is 3.24. The third-order valence-corrected chi connectivity index (χ3v) is 7.87. The van der Waals surface area contributed by atoms with Crippen molar-refractivity contribution in [3.05, 3.63) is 75.8 Å². The van der Waals surface area contributed by atoms with E-state index in [1.54, 1.807) is 26.0 Å². The maximum absolute atomic E-state index is 5.91. The van der Waals surface area contributed by atoms with Gasteiger partial charge >= 0.3 is 0 Å². The summed E-state index contributed by atoms with van der Waals surface area (Å²) in [6, 6.07) is 19.4. The van der Waals surface area contributed by atoms with E-state index in [-0.39, 0.29) is 0 Å². The lowest BCUT2D eigenvalue weighted by atomic mass is 10.0. The van der Waals surface area contributed by atoms with Crippen molar-refractivity contribution in [3.63, 3.8) is 0 Å². The maximum Gasteiger partial charge on any atom is 0.145 e. The van der Waals surface area contributed by atoms with Crippen molar-refractivity contribution >= 4 is 38.7 Å². The second-order valence-electron chi connectivity index (χ2n) is 8.59. The van der Waals surface area contributed by atoms with E-state index >= 15 is 0 Å². The average molecular weight is 540 g/mol. The number of fused-ring (bicyclic) bond motifs is 1. The van der Waals surface area contributed by atoms with Crippen molar-refractivity contribution in [2.75, 3.05) is 27.1 Å². The van der Waals surface area contributed by atoms with Crippen molar-refractivity contribution in [2.45, 2.75) is 37.6 Å². The smallest absolute Gasteiger partial charge is 0.145 e. The fourth-order valence-corrected chi connectivity index (χ4v) is 5.42. The van der Waals surface area contributed by atoms with E-state index in [0.717, 1.165) is 44.6 Å². The number of methoxy groups -OCH3 is 2. The Morgan fingerprint density at radius 2 is 1.76 bits per heavy atom. The third-order valence-electron chi connectivity index (χ3n) is 6.14. The second-order valence-corrected chi connectivity index (χ2v) is 10.2. The molecule has 0 spiro atoms. The van der Waals surface area contributed by atoms with Crippen molar-refractivity contribution in [1.29, 1.82) is 0 Å². The number of thioether (sulfide) groups is 1. The van der Waals surface area contributed by atoms with E-state index in [4.69, 9.17) is 14.5 Å². The molecule has 4 rings (SSSR count). The Labute approximate surface area is 214 Å². The van der Waals surface area contributed by atoms with Crippen LogP contribution in [0.4, 0.5) is 0 Å². The normalized spacial score (nSPS) is 11.5. The summed E-state index contributed by atoms with van der Waals surface area (Å²) in [6.45, 7) is 5.70. The largest absolute Gasteiger partial charge is 0.494 e. The van der Waals surface area contributed by atoms with E-state index < -0.39 is 0 Å². The molecule has 0 atom stereocenters. The lowest BCUT2D eigenvalue weighted by Gasteiger charge is -2.14. The molecule has 4 aromatic rings. The molecule has 178 valence electrons. The second kappa shape index (κ2) is 11.0. The van der Waals surface area contributed by atoms with Crippen LogP contribution in [0, 0.1) is 0 Å². The Morgan fingerprint density at radius 3 is 2.41 bits per heavy atom. The molecule has 0 amide bonds. The molecular formula is C28H31BrN2O2S. The summed E-state index contributed by atoms with van der Waals surface area (Å²) in [7, 11) is 3.46. The van der Waals surface area contributed by atoms with Crippen LogP contribution in [0.3, 0.4) is 0 Å². The van der Waals surface area contributed by atoms with Crippen molar-refractivity contribution in [1.82, 2.24) is 9.55 Å². The van der Waals surface area contributed by atoms with Gasteiger partial charge in [0.2, 0.25) is 0 Å². The minimum atomic E-state index is 0.488. The van der Waals surface area contributed by atoms with Crippen LogP contribution in [0.1, 0.15) is 36.5 Å². The molecule has 1 aromatic heterocycles. The zero-order valence-corrected chi connectivity index (χ0v) is 22.8. The zero-order chi connectivity index (χ0) is 24.2. The van der Waals surface area contributed by atoms with Gasteiger partial charge in [0.15, 0.2) is 0 Å².